The lowest BCUT2D eigenvalue weighted by Gasteiger charge is -1.98. The van der Waals surface area contributed by atoms with E-state index in [1.165, 1.54) is 23.1 Å². The Morgan fingerprint density at radius 1 is 1.48 bits per heavy atom. The molecule has 0 saturated carbocycles. The summed E-state index contributed by atoms with van der Waals surface area (Å²) < 4.78 is 3.37. The van der Waals surface area contributed by atoms with Crippen molar-refractivity contribution in [1.29, 1.82) is 0 Å². The molecule has 1 aromatic carbocycles. The predicted molar refractivity (Wildman–Crippen MR) is 78.8 cm³/mol. The SMILES string of the molecule is CCCn1nnnc1Sc1nc2ccc(C(=O)O)cc2s1. The molecule has 0 atom stereocenters. The van der Waals surface area contributed by atoms with Crippen molar-refractivity contribution in [2.45, 2.75) is 29.4 Å². The molecule has 0 fully saturated rings. The smallest absolute Gasteiger partial charge is 0.335 e. The lowest BCUT2D eigenvalue weighted by atomic mass is 10.2. The van der Waals surface area contributed by atoms with E-state index in [4.69, 9.17) is 5.11 Å². The highest BCUT2D eigenvalue weighted by molar-refractivity contribution is 8.01. The van der Waals surface area contributed by atoms with Gasteiger partial charge in [0.1, 0.15) is 0 Å². The molecule has 0 radical (unpaired) electrons. The molecule has 0 amide bonds. The molecule has 21 heavy (non-hydrogen) atoms. The van der Waals surface area contributed by atoms with E-state index in [0.717, 1.165) is 27.5 Å². The molecule has 2 heterocycles. The van der Waals surface area contributed by atoms with Crippen LogP contribution in [-0.2, 0) is 6.54 Å². The number of benzene rings is 1. The number of thiazole rings is 1. The Labute approximate surface area is 128 Å². The summed E-state index contributed by atoms with van der Waals surface area (Å²) in [4.78, 5) is 15.4. The van der Waals surface area contributed by atoms with Gasteiger partial charge in [-0.05, 0) is 46.8 Å². The third-order valence-electron chi connectivity index (χ3n) is 2.73. The van der Waals surface area contributed by atoms with Crippen molar-refractivity contribution >= 4 is 39.3 Å². The number of carbonyl (C=O) groups is 1. The van der Waals surface area contributed by atoms with Crippen LogP contribution in [0.15, 0.2) is 27.7 Å². The Hall–Kier alpha value is -2.00. The van der Waals surface area contributed by atoms with Gasteiger partial charge in [0, 0.05) is 6.54 Å². The molecule has 0 aliphatic heterocycles. The van der Waals surface area contributed by atoms with Gasteiger partial charge in [-0.3, -0.25) is 0 Å². The fourth-order valence-electron chi connectivity index (χ4n) is 1.78. The van der Waals surface area contributed by atoms with Crippen molar-refractivity contribution in [2.75, 3.05) is 0 Å². The van der Waals surface area contributed by atoms with Crippen LogP contribution in [0, 0.1) is 0 Å². The summed E-state index contributed by atoms with van der Waals surface area (Å²) in [6.45, 7) is 2.81. The van der Waals surface area contributed by atoms with Gasteiger partial charge in [0.05, 0.1) is 15.8 Å². The summed E-state index contributed by atoms with van der Waals surface area (Å²) in [5.41, 5.74) is 1.04. The highest BCUT2D eigenvalue weighted by atomic mass is 32.2. The Bertz CT molecular complexity index is 798. The molecule has 0 saturated heterocycles. The number of aromatic carboxylic acids is 1. The summed E-state index contributed by atoms with van der Waals surface area (Å²) in [5, 5.41) is 21.3. The van der Waals surface area contributed by atoms with Gasteiger partial charge in [0.25, 0.3) is 0 Å². The summed E-state index contributed by atoms with van der Waals surface area (Å²) in [7, 11) is 0. The van der Waals surface area contributed by atoms with E-state index in [1.807, 2.05) is 0 Å². The maximum Gasteiger partial charge on any atom is 0.335 e. The van der Waals surface area contributed by atoms with E-state index in [-0.39, 0.29) is 5.56 Å². The zero-order valence-corrected chi connectivity index (χ0v) is 12.7. The van der Waals surface area contributed by atoms with Crippen LogP contribution in [0.1, 0.15) is 23.7 Å². The average molecular weight is 321 g/mol. The molecule has 108 valence electrons. The molecule has 7 nitrogen and oxygen atoms in total. The van der Waals surface area contributed by atoms with Crippen LogP contribution in [0.2, 0.25) is 0 Å². The number of rotatable bonds is 5. The average Bonchev–Trinajstić information content (AvgIpc) is 3.05. The third kappa shape index (κ3) is 2.88. The predicted octanol–water partition coefficient (Wildman–Crippen LogP) is 2.54. The fraction of sp³-hybridized carbons (Fsp3) is 0.250. The van der Waals surface area contributed by atoms with Crippen molar-refractivity contribution in [2.24, 2.45) is 0 Å². The number of nitrogens with zero attached hydrogens (tertiary/aromatic N) is 5. The molecule has 2 aromatic heterocycles. The van der Waals surface area contributed by atoms with Crippen LogP contribution in [-0.4, -0.2) is 36.3 Å². The number of aryl methyl sites for hydroxylation is 1. The van der Waals surface area contributed by atoms with Crippen molar-refractivity contribution in [3.05, 3.63) is 23.8 Å². The minimum absolute atomic E-state index is 0.263. The maximum absolute atomic E-state index is 11.0. The maximum atomic E-state index is 11.0. The third-order valence-corrected chi connectivity index (χ3v) is 4.78. The summed E-state index contributed by atoms with van der Waals surface area (Å²) in [6, 6.07) is 4.91. The number of aromatic nitrogens is 5. The topological polar surface area (TPSA) is 93.8 Å². The first kappa shape index (κ1) is 14.0. The van der Waals surface area contributed by atoms with Gasteiger partial charge in [0.2, 0.25) is 5.16 Å². The molecule has 0 spiro atoms. The second-order valence-corrected chi connectivity index (χ2v) is 6.50. The molecule has 3 aromatic rings. The van der Waals surface area contributed by atoms with Crippen LogP contribution in [0.5, 0.6) is 0 Å². The first-order chi connectivity index (χ1) is 10.2. The van der Waals surface area contributed by atoms with Gasteiger partial charge in [0.15, 0.2) is 4.34 Å². The van der Waals surface area contributed by atoms with E-state index < -0.39 is 5.97 Å². The number of hydrogen-bond acceptors (Lipinski definition) is 7. The van der Waals surface area contributed by atoms with Gasteiger partial charge in [-0.15, -0.1) is 16.4 Å². The fourth-order valence-corrected chi connectivity index (χ4v) is 3.79. The molecule has 9 heteroatoms. The molecule has 1 N–H and O–H groups in total. The zero-order chi connectivity index (χ0) is 14.8. The molecule has 0 bridgehead atoms. The van der Waals surface area contributed by atoms with Crippen molar-refractivity contribution in [3.63, 3.8) is 0 Å². The van der Waals surface area contributed by atoms with E-state index in [2.05, 4.69) is 27.4 Å². The van der Waals surface area contributed by atoms with Crippen LogP contribution in [0.4, 0.5) is 0 Å². The van der Waals surface area contributed by atoms with Crippen LogP contribution >= 0.6 is 23.1 Å². The van der Waals surface area contributed by atoms with Crippen LogP contribution in [0.3, 0.4) is 0 Å². The lowest BCUT2D eigenvalue weighted by molar-refractivity contribution is 0.0697. The second-order valence-electron chi connectivity index (χ2n) is 4.25. The van der Waals surface area contributed by atoms with Gasteiger partial charge in [-0.25, -0.2) is 14.5 Å². The number of hydrogen-bond donors (Lipinski definition) is 1. The number of fused-ring (bicyclic) bond motifs is 1. The van der Waals surface area contributed by atoms with E-state index in [1.54, 1.807) is 22.9 Å². The standard InChI is InChI=1S/C12H11N5O2S2/c1-2-5-17-11(14-15-16-17)21-12-13-8-4-3-7(10(18)19)6-9(8)20-12/h3-4,6H,2,5H2,1H3,(H,18,19). The van der Waals surface area contributed by atoms with E-state index in [0.29, 0.717) is 5.16 Å². The van der Waals surface area contributed by atoms with Crippen LogP contribution < -0.4 is 0 Å². The highest BCUT2D eigenvalue weighted by Crippen LogP contribution is 2.33. The van der Waals surface area contributed by atoms with Gasteiger partial charge in [-0.2, -0.15) is 0 Å². The number of tetrazole rings is 1. The summed E-state index contributed by atoms with van der Waals surface area (Å²) in [5.74, 6) is -0.939. The summed E-state index contributed by atoms with van der Waals surface area (Å²) in [6.07, 6.45) is 0.945. The van der Waals surface area contributed by atoms with Crippen molar-refractivity contribution in [3.8, 4) is 0 Å². The van der Waals surface area contributed by atoms with E-state index in [9.17, 15) is 4.79 Å². The largest absolute Gasteiger partial charge is 0.478 e. The van der Waals surface area contributed by atoms with Gasteiger partial charge in [-0.1, -0.05) is 6.92 Å². The molecular weight excluding hydrogens is 310 g/mol. The normalized spacial score (nSPS) is 11.1. The second kappa shape index (κ2) is 5.78. The Morgan fingerprint density at radius 2 is 2.33 bits per heavy atom. The van der Waals surface area contributed by atoms with Gasteiger partial charge < -0.3 is 5.11 Å². The minimum atomic E-state index is -0.939. The van der Waals surface area contributed by atoms with E-state index >= 15 is 0 Å². The molecule has 0 aliphatic rings. The Balaban J connectivity index is 1.90. The first-order valence-electron chi connectivity index (χ1n) is 6.25. The first-order valence-corrected chi connectivity index (χ1v) is 7.88. The quantitative estimate of drug-likeness (QED) is 0.771. The highest BCUT2D eigenvalue weighted by Gasteiger charge is 2.13. The Kier molecular flexibility index (Phi) is 3.84. The number of carboxylic acids is 1. The molecule has 0 unspecified atom stereocenters. The lowest BCUT2D eigenvalue weighted by Crippen LogP contribution is -2.00. The zero-order valence-electron chi connectivity index (χ0n) is 11.1. The Morgan fingerprint density at radius 3 is 3.10 bits per heavy atom. The monoisotopic (exact) mass is 321 g/mol. The van der Waals surface area contributed by atoms with Crippen molar-refractivity contribution in [1.82, 2.24) is 25.2 Å². The number of carboxylic acid groups (broad SMARTS) is 1. The molecular formula is C12H11N5O2S2. The van der Waals surface area contributed by atoms with Gasteiger partial charge >= 0.3 is 5.97 Å². The van der Waals surface area contributed by atoms with Crippen molar-refractivity contribution < 1.29 is 9.90 Å². The molecule has 3 rings (SSSR count). The molecule has 0 aliphatic carbocycles. The summed E-state index contributed by atoms with van der Waals surface area (Å²) >= 11 is 2.82. The minimum Gasteiger partial charge on any atom is -0.478 e. The van der Waals surface area contributed by atoms with Crippen LogP contribution in [0.25, 0.3) is 10.2 Å².